The minimum Gasteiger partial charge on any atom is -0.300 e. The Balaban J connectivity index is 1.88. The summed E-state index contributed by atoms with van der Waals surface area (Å²) in [5, 5.41) is 0. The molecule has 0 atom stereocenters. The third-order valence-electron chi connectivity index (χ3n) is 3.97. The summed E-state index contributed by atoms with van der Waals surface area (Å²) in [5.74, 6) is 1.06. The fourth-order valence-corrected chi connectivity index (χ4v) is 2.81. The maximum Gasteiger partial charge on any atom is 0.00964 e. The van der Waals surface area contributed by atoms with E-state index in [4.69, 9.17) is 0 Å². The molecule has 0 aromatic carbocycles. The zero-order valence-corrected chi connectivity index (χ0v) is 13.3. The highest BCUT2D eigenvalue weighted by Crippen LogP contribution is 2.27. The van der Waals surface area contributed by atoms with E-state index in [1.54, 1.807) is 0 Å². The molecule has 0 heterocycles. The van der Waals surface area contributed by atoms with Gasteiger partial charge in [-0.3, -0.25) is 0 Å². The molecule has 0 N–H and O–H groups in total. The van der Waals surface area contributed by atoms with E-state index in [0.29, 0.717) is 0 Å². The summed E-state index contributed by atoms with van der Waals surface area (Å²) in [6.07, 6.45) is 15.5. The number of hydrogen-bond acceptors (Lipinski definition) is 2. The molecule has 1 aliphatic carbocycles. The van der Waals surface area contributed by atoms with Gasteiger partial charge in [0.1, 0.15) is 0 Å². The van der Waals surface area contributed by atoms with E-state index < -0.39 is 0 Å². The lowest BCUT2D eigenvalue weighted by Crippen LogP contribution is -2.28. The molecule has 1 fully saturated rings. The maximum absolute atomic E-state index is 4.25. The van der Waals surface area contributed by atoms with Crippen molar-refractivity contribution in [2.24, 2.45) is 0 Å². The number of unbranched alkanes of at least 4 members (excludes halogenated alkanes) is 7. The van der Waals surface area contributed by atoms with Gasteiger partial charge in [0.2, 0.25) is 0 Å². The molecule has 0 aliphatic heterocycles. The molecule has 0 aromatic heterocycles. The summed E-state index contributed by atoms with van der Waals surface area (Å²) >= 11 is 4.25. The van der Waals surface area contributed by atoms with Crippen LogP contribution in [-0.2, 0) is 0 Å². The average Bonchev–Trinajstić information content (AvgIpc) is 3.20. The highest BCUT2D eigenvalue weighted by atomic mass is 32.1. The number of hydrogen-bond donors (Lipinski definition) is 1. The van der Waals surface area contributed by atoms with Crippen LogP contribution in [0.15, 0.2) is 0 Å². The Morgan fingerprint density at radius 2 is 1.39 bits per heavy atom. The third-order valence-corrected chi connectivity index (χ3v) is 4.28. The first kappa shape index (κ1) is 16.4. The Hall–Kier alpha value is 0.310. The number of nitrogens with zero attached hydrogens (tertiary/aromatic N) is 1. The van der Waals surface area contributed by atoms with Crippen molar-refractivity contribution in [3.05, 3.63) is 0 Å². The molecule has 0 saturated heterocycles. The number of thiol groups is 1. The topological polar surface area (TPSA) is 3.24 Å². The molecule has 0 radical (unpaired) electrons. The first-order valence-electron chi connectivity index (χ1n) is 8.23. The molecule has 0 bridgehead atoms. The van der Waals surface area contributed by atoms with Crippen molar-refractivity contribution in [2.45, 2.75) is 83.6 Å². The lowest BCUT2D eigenvalue weighted by Gasteiger charge is -2.21. The lowest BCUT2D eigenvalue weighted by molar-refractivity contribution is 0.253. The fourth-order valence-electron chi connectivity index (χ4n) is 2.59. The average molecular weight is 272 g/mol. The molecule has 1 nitrogen and oxygen atoms in total. The van der Waals surface area contributed by atoms with Gasteiger partial charge in [-0.2, -0.15) is 12.6 Å². The third kappa shape index (κ3) is 8.42. The van der Waals surface area contributed by atoms with Gasteiger partial charge in [-0.1, -0.05) is 45.4 Å². The smallest absolute Gasteiger partial charge is 0.00964 e. The fraction of sp³-hybridized carbons (Fsp3) is 1.00. The van der Waals surface area contributed by atoms with Crippen molar-refractivity contribution < 1.29 is 0 Å². The summed E-state index contributed by atoms with van der Waals surface area (Å²) < 4.78 is 0. The van der Waals surface area contributed by atoms with Crippen LogP contribution in [0.1, 0.15) is 77.6 Å². The van der Waals surface area contributed by atoms with Gasteiger partial charge in [-0.05, 0) is 50.9 Å². The van der Waals surface area contributed by atoms with Crippen molar-refractivity contribution in [3.8, 4) is 0 Å². The molecule has 1 saturated carbocycles. The van der Waals surface area contributed by atoms with Gasteiger partial charge < -0.3 is 4.90 Å². The maximum atomic E-state index is 4.25. The second-order valence-electron chi connectivity index (χ2n) is 5.82. The van der Waals surface area contributed by atoms with Gasteiger partial charge in [-0.15, -0.1) is 0 Å². The van der Waals surface area contributed by atoms with Crippen LogP contribution in [0.5, 0.6) is 0 Å². The van der Waals surface area contributed by atoms with E-state index in [0.717, 1.165) is 11.8 Å². The predicted molar refractivity (Wildman–Crippen MR) is 85.7 cm³/mol. The van der Waals surface area contributed by atoms with E-state index >= 15 is 0 Å². The van der Waals surface area contributed by atoms with E-state index in [1.807, 2.05) is 0 Å². The Morgan fingerprint density at radius 3 is 1.94 bits per heavy atom. The summed E-state index contributed by atoms with van der Waals surface area (Å²) in [7, 11) is 0. The van der Waals surface area contributed by atoms with E-state index in [9.17, 15) is 0 Å². The van der Waals surface area contributed by atoms with Crippen LogP contribution in [0.4, 0.5) is 0 Å². The standard InChI is InChI=1S/C16H33NS/c1-2-3-13-17(16-11-12-16)14-9-7-5-4-6-8-10-15-18/h16,18H,2-15H2,1H3. The molecule has 0 aromatic rings. The Labute approximate surface area is 120 Å². The molecule has 18 heavy (non-hydrogen) atoms. The van der Waals surface area contributed by atoms with Gasteiger partial charge in [-0.25, -0.2) is 0 Å². The Kier molecular flexibility index (Phi) is 10.1. The molecule has 1 rings (SSSR count). The normalized spacial score (nSPS) is 15.5. The summed E-state index contributed by atoms with van der Waals surface area (Å²) in [6, 6.07) is 0.965. The second-order valence-corrected chi connectivity index (χ2v) is 6.27. The van der Waals surface area contributed by atoms with Gasteiger partial charge in [0.05, 0.1) is 0 Å². The van der Waals surface area contributed by atoms with Gasteiger partial charge >= 0.3 is 0 Å². The summed E-state index contributed by atoms with van der Waals surface area (Å²) in [5.41, 5.74) is 0. The van der Waals surface area contributed by atoms with Crippen LogP contribution < -0.4 is 0 Å². The minimum atomic E-state index is 0.965. The summed E-state index contributed by atoms with van der Waals surface area (Å²) in [6.45, 7) is 5.01. The molecule has 0 amide bonds. The van der Waals surface area contributed by atoms with Crippen LogP contribution in [0.2, 0.25) is 0 Å². The van der Waals surface area contributed by atoms with Gasteiger partial charge in [0.15, 0.2) is 0 Å². The van der Waals surface area contributed by atoms with Gasteiger partial charge in [0, 0.05) is 6.04 Å². The van der Waals surface area contributed by atoms with E-state index in [2.05, 4.69) is 24.5 Å². The predicted octanol–water partition coefficient (Wildman–Crippen LogP) is 4.91. The first-order chi connectivity index (χ1) is 8.88. The Morgan fingerprint density at radius 1 is 0.833 bits per heavy atom. The van der Waals surface area contributed by atoms with E-state index in [1.165, 1.54) is 83.7 Å². The minimum absolute atomic E-state index is 0.965. The second kappa shape index (κ2) is 11.2. The van der Waals surface area contributed by atoms with Crippen molar-refractivity contribution in [1.29, 1.82) is 0 Å². The van der Waals surface area contributed by atoms with Crippen molar-refractivity contribution >= 4 is 12.6 Å². The lowest BCUT2D eigenvalue weighted by atomic mass is 10.1. The van der Waals surface area contributed by atoms with Crippen molar-refractivity contribution in [1.82, 2.24) is 4.90 Å². The highest BCUT2D eigenvalue weighted by molar-refractivity contribution is 7.80. The van der Waals surface area contributed by atoms with Crippen molar-refractivity contribution in [3.63, 3.8) is 0 Å². The zero-order valence-electron chi connectivity index (χ0n) is 12.4. The Bertz CT molecular complexity index is 180. The SMILES string of the molecule is CCCCN(CCCCCCCCCS)C1CC1. The molecule has 0 spiro atoms. The number of rotatable bonds is 13. The van der Waals surface area contributed by atoms with Crippen LogP contribution in [-0.4, -0.2) is 29.8 Å². The van der Waals surface area contributed by atoms with Crippen molar-refractivity contribution in [2.75, 3.05) is 18.8 Å². The molecule has 108 valence electrons. The molecule has 1 aliphatic rings. The first-order valence-corrected chi connectivity index (χ1v) is 8.86. The zero-order chi connectivity index (χ0) is 13.1. The molecule has 0 unspecified atom stereocenters. The van der Waals surface area contributed by atoms with Crippen LogP contribution >= 0.6 is 12.6 Å². The monoisotopic (exact) mass is 271 g/mol. The molecule has 2 heteroatoms. The summed E-state index contributed by atoms with van der Waals surface area (Å²) in [4.78, 5) is 2.75. The molecular formula is C16H33NS. The largest absolute Gasteiger partial charge is 0.300 e. The van der Waals surface area contributed by atoms with Crippen LogP contribution in [0.3, 0.4) is 0 Å². The van der Waals surface area contributed by atoms with Crippen LogP contribution in [0, 0.1) is 0 Å². The molecular weight excluding hydrogens is 238 g/mol. The quantitative estimate of drug-likeness (QED) is 0.368. The van der Waals surface area contributed by atoms with Gasteiger partial charge in [0.25, 0.3) is 0 Å². The highest BCUT2D eigenvalue weighted by Gasteiger charge is 2.27. The van der Waals surface area contributed by atoms with E-state index in [-0.39, 0.29) is 0 Å². The van der Waals surface area contributed by atoms with Crippen LogP contribution in [0.25, 0.3) is 0 Å².